The van der Waals surface area contributed by atoms with E-state index < -0.39 is 11.9 Å². The zero-order valence-corrected chi connectivity index (χ0v) is 9.48. The predicted octanol–water partition coefficient (Wildman–Crippen LogP) is 1.61. The maximum absolute atomic E-state index is 9.25. The van der Waals surface area contributed by atoms with E-state index in [2.05, 4.69) is 13.2 Å². The van der Waals surface area contributed by atoms with Crippen LogP contribution in [0.5, 0.6) is 11.5 Å². The van der Waals surface area contributed by atoms with Crippen LogP contribution in [0.3, 0.4) is 0 Å². The fraction of sp³-hybridized carbons (Fsp3) is 0. The van der Waals surface area contributed by atoms with E-state index in [1.54, 1.807) is 0 Å². The van der Waals surface area contributed by atoms with Crippen molar-refractivity contribution in [2.45, 2.75) is 0 Å². The molecule has 0 unspecified atom stereocenters. The summed E-state index contributed by atoms with van der Waals surface area (Å²) in [7, 11) is 0. The first-order chi connectivity index (χ1) is 8.33. The molecule has 0 aliphatic carbocycles. The van der Waals surface area contributed by atoms with Crippen LogP contribution in [0.2, 0.25) is 0 Å². The molecule has 0 fully saturated rings. The number of phenolic OH excluding ortho intramolecular Hbond substituents is 2. The van der Waals surface area contributed by atoms with Crippen LogP contribution in [0.15, 0.2) is 49.6 Å². The van der Waals surface area contributed by atoms with Gasteiger partial charge in [-0.05, 0) is 24.3 Å². The molecule has 0 spiro atoms. The molecule has 4 N–H and O–H groups in total. The standard InChI is InChI=1S/C6H6O2.2C3H4O2/c7-5-1-2-6(8)4-3-5;2*1-2-3(4)5/h1-4,7-8H;2*2H,1H2,(H,4,5). The first kappa shape index (κ1) is 17.6. The Morgan fingerprint density at radius 2 is 1.00 bits per heavy atom. The molecule has 0 radical (unpaired) electrons. The third-order valence-electron chi connectivity index (χ3n) is 1.20. The maximum atomic E-state index is 9.25. The van der Waals surface area contributed by atoms with Crippen LogP contribution in [-0.2, 0) is 9.59 Å². The van der Waals surface area contributed by atoms with E-state index in [9.17, 15) is 9.59 Å². The molecule has 0 aliphatic rings. The highest BCUT2D eigenvalue weighted by Crippen LogP contribution is 2.13. The third-order valence-corrected chi connectivity index (χ3v) is 1.20. The third kappa shape index (κ3) is 15.7. The minimum absolute atomic E-state index is 0.169. The molecule has 6 heteroatoms. The molecule has 0 saturated heterocycles. The van der Waals surface area contributed by atoms with Crippen molar-refractivity contribution < 1.29 is 30.0 Å². The number of carboxylic acids is 2. The smallest absolute Gasteiger partial charge is 0.327 e. The van der Waals surface area contributed by atoms with Crippen molar-refractivity contribution in [3.05, 3.63) is 49.6 Å². The first-order valence-electron chi connectivity index (χ1n) is 4.52. The van der Waals surface area contributed by atoms with Gasteiger partial charge in [0.15, 0.2) is 0 Å². The van der Waals surface area contributed by atoms with Crippen molar-refractivity contribution in [1.29, 1.82) is 0 Å². The first-order valence-corrected chi connectivity index (χ1v) is 4.52. The van der Waals surface area contributed by atoms with Crippen LogP contribution in [-0.4, -0.2) is 32.4 Å². The highest BCUT2D eigenvalue weighted by molar-refractivity contribution is 5.79. The van der Waals surface area contributed by atoms with Crippen LogP contribution >= 0.6 is 0 Å². The van der Waals surface area contributed by atoms with Crippen molar-refractivity contribution >= 4 is 11.9 Å². The molecule has 0 aliphatic heterocycles. The van der Waals surface area contributed by atoms with Crippen LogP contribution in [0.1, 0.15) is 0 Å². The van der Waals surface area contributed by atoms with Gasteiger partial charge in [-0.3, -0.25) is 0 Å². The van der Waals surface area contributed by atoms with Gasteiger partial charge in [-0.2, -0.15) is 0 Å². The predicted molar refractivity (Wildman–Crippen MR) is 65.4 cm³/mol. The number of aromatic hydroxyl groups is 2. The minimum Gasteiger partial charge on any atom is -0.508 e. The molecule has 6 nitrogen and oxygen atoms in total. The number of carboxylic acid groups (broad SMARTS) is 2. The van der Waals surface area contributed by atoms with E-state index in [4.69, 9.17) is 20.4 Å². The van der Waals surface area contributed by atoms with Crippen molar-refractivity contribution in [3.63, 3.8) is 0 Å². The highest BCUT2D eigenvalue weighted by Gasteiger charge is 1.84. The van der Waals surface area contributed by atoms with E-state index in [0.717, 1.165) is 12.2 Å². The topological polar surface area (TPSA) is 115 Å². The quantitative estimate of drug-likeness (QED) is 0.470. The summed E-state index contributed by atoms with van der Waals surface area (Å²) in [6, 6.07) is 5.70. The minimum atomic E-state index is -0.981. The molecule has 0 saturated carbocycles. The van der Waals surface area contributed by atoms with Crippen LogP contribution < -0.4 is 0 Å². The molecular formula is C12H14O6. The number of hydrogen-bond acceptors (Lipinski definition) is 4. The largest absolute Gasteiger partial charge is 0.508 e. The lowest BCUT2D eigenvalue weighted by molar-refractivity contribution is -0.132. The van der Waals surface area contributed by atoms with E-state index >= 15 is 0 Å². The monoisotopic (exact) mass is 254 g/mol. The van der Waals surface area contributed by atoms with Crippen molar-refractivity contribution in [2.24, 2.45) is 0 Å². The van der Waals surface area contributed by atoms with Gasteiger partial charge in [0, 0.05) is 12.2 Å². The van der Waals surface area contributed by atoms with Gasteiger partial charge in [-0.15, -0.1) is 0 Å². The van der Waals surface area contributed by atoms with Crippen molar-refractivity contribution in [1.82, 2.24) is 0 Å². The number of carbonyl (C=O) groups is 2. The van der Waals surface area contributed by atoms with Crippen LogP contribution in [0, 0.1) is 0 Å². The average Bonchev–Trinajstić information content (AvgIpc) is 2.34. The van der Waals surface area contributed by atoms with Gasteiger partial charge in [0.1, 0.15) is 11.5 Å². The normalized spacial score (nSPS) is 7.56. The molecule has 1 aromatic carbocycles. The number of hydrogen-bond donors (Lipinski definition) is 4. The molecule has 98 valence electrons. The summed E-state index contributed by atoms with van der Waals surface area (Å²) in [5.74, 6) is -1.62. The number of phenols is 2. The molecule has 1 aromatic rings. The Balaban J connectivity index is 0. The number of rotatable bonds is 2. The summed E-state index contributed by atoms with van der Waals surface area (Å²) >= 11 is 0. The van der Waals surface area contributed by atoms with E-state index in [1.807, 2.05) is 0 Å². The zero-order valence-electron chi connectivity index (χ0n) is 9.48. The lowest BCUT2D eigenvalue weighted by Gasteiger charge is -1.88. The molecule has 0 atom stereocenters. The lowest BCUT2D eigenvalue weighted by Crippen LogP contribution is -1.82. The fourth-order valence-corrected chi connectivity index (χ4v) is 0.453. The van der Waals surface area contributed by atoms with Gasteiger partial charge >= 0.3 is 11.9 Å². The highest BCUT2D eigenvalue weighted by atomic mass is 16.4. The molecule has 1 rings (SSSR count). The van der Waals surface area contributed by atoms with Crippen molar-refractivity contribution in [2.75, 3.05) is 0 Å². The van der Waals surface area contributed by atoms with E-state index in [0.29, 0.717) is 0 Å². The summed E-state index contributed by atoms with van der Waals surface area (Å²) < 4.78 is 0. The number of aliphatic carboxylic acids is 2. The summed E-state index contributed by atoms with van der Waals surface area (Å²) in [6.45, 7) is 5.92. The Bertz CT molecular complexity index is 355. The molecule has 18 heavy (non-hydrogen) atoms. The summed E-state index contributed by atoms with van der Waals surface area (Å²) in [4.78, 5) is 18.5. The maximum Gasteiger partial charge on any atom is 0.327 e. The van der Waals surface area contributed by atoms with Gasteiger partial charge in [0.25, 0.3) is 0 Å². The molecule has 0 heterocycles. The fourth-order valence-electron chi connectivity index (χ4n) is 0.453. The second kappa shape index (κ2) is 10.7. The van der Waals surface area contributed by atoms with Gasteiger partial charge in [0.05, 0.1) is 0 Å². The van der Waals surface area contributed by atoms with E-state index in [1.165, 1.54) is 24.3 Å². The molecular weight excluding hydrogens is 240 g/mol. The summed E-state index contributed by atoms with van der Waals surface area (Å²) in [5, 5.41) is 32.5. The summed E-state index contributed by atoms with van der Waals surface area (Å²) in [6.07, 6.45) is 1.67. The SMILES string of the molecule is C=CC(=O)O.C=CC(=O)O.Oc1ccc(O)cc1. The van der Waals surface area contributed by atoms with E-state index in [-0.39, 0.29) is 11.5 Å². The molecule has 0 aromatic heterocycles. The Hall–Kier alpha value is -2.76. The summed E-state index contributed by atoms with van der Waals surface area (Å²) in [5.41, 5.74) is 0. The van der Waals surface area contributed by atoms with Crippen LogP contribution in [0.4, 0.5) is 0 Å². The van der Waals surface area contributed by atoms with Gasteiger partial charge < -0.3 is 20.4 Å². The van der Waals surface area contributed by atoms with Crippen molar-refractivity contribution in [3.8, 4) is 11.5 Å². The van der Waals surface area contributed by atoms with Crippen LogP contribution in [0.25, 0.3) is 0 Å². The zero-order chi connectivity index (χ0) is 14.6. The van der Waals surface area contributed by atoms with Gasteiger partial charge in [-0.1, -0.05) is 13.2 Å². The Morgan fingerprint density at radius 1 is 0.833 bits per heavy atom. The second-order valence-corrected chi connectivity index (χ2v) is 2.60. The number of benzene rings is 1. The Morgan fingerprint density at radius 3 is 1.11 bits per heavy atom. The van der Waals surface area contributed by atoms with Gasteiger partial charge in [0.2, 0.25) is 0 Å². The molecule has 0 bridgehead atoms. The lowest BCUT2D eigenvalue weighted by atomic mass is 10.3. The van der Waals surface area contributed by atoms with Gasteiger partial charge in [-0.25, -0.2) is 9.59 Å². The Kier molecular flexibility index (Phi) is 10.5. The molecule has 0 amide bonds. The average molecular weight is 254 g/mol. The Labute approximate surface area is 104 Å². The second-order valence-electron chi connectivity index (χ2n) is 2.60.